The number of hydrogen-bond donors (Lipinski definition) is 2. The molecule has 10 heavy (non-hydrogen) atoms. The van der Waals surface area contributed by atoms with Gasteiger partial charge in [-0.1, -0.05) is 33.1 Å². The molecule has 0 saturated carbocycles. The molecule has 4 N–H and O–H groups in total. The highest BCUT2D eigenvalue weighted by molar-refractivity contribution is 4.64. The van der Waals surface area contributed by atoms with E-state index < -0.39 is 0 Å². The zero-order valence-electron chi connectivity index (χ0n) is 7.14. The lowest BCUT2D eigenvalue weighted by molar-refractivity contribution is 0.377. The van der Waals surface area contributed by atoms with Crippen LogP contribution in [-0.4, -0.2) is 6.17 Å². The molecular formula is C8H20N2. The van der Waals surface area contributed by atoms with E-state index >= 15 is 0 Å². The molecule has 0 spiro atoms. The smallest absolute Gasteiger partial charge is 0.0549 e. The number of unbranched alkanes of at least 4 members (excludes halogenated alkanes) is 1. The molecule has 0 rings (SSSR count). The Bertz CT molecular complexity index is 71.7. The zero-order chi connectivity index (χ0) is 7.98. The third-order valence-corrected chi connectivity index (χ3v) is 2.00. The predicted molar refractivity (Wildman–Crippen MR) is 45.5 cm³/mol. The van der Waals surface area contributed by atoms with E-state index in [1.54, 1.807) is 0 Å². The van der Waals surface area contributed by atoms with Crippen molar-refractivity contribution in [1.29, 1.82) is 0 Å². The van der Waals surface area contributed by atoms with Crippen molar-refractivity contribution in [2.24, 2.45) is 17.4 Å². The Labute approximate surface area is 64.0 Å². The molecule has 0 amide bonds. The van der Waals surface area contributed by atoms with Gasteiger partial charge in [-0.15, -0.1) is 0 Å². The van der Waals surface area contributed by atoms with Crippen molar-refractivity contribution in [3.05, 3.63) is 0 Å². The van der Waals surface area contributed by atoms with Crippen molar-refractivity contribution in [2.45, 2.75) is 45.7 Å². The first-order chi connectivity index (χ1) is 4.72. The Hall–Kier alpha value is -0.0800. The summed E-state index contributed by atoms with van der Waals surface area (Å²) in [7, 11) is 0. The van der Waals surface area contributed by atoms with Crippen LogP contribution in [-0.2, 0) is 0 Å². The Morgan fingerprint density at radius 1 is 1.20 bits per heavy atom. The van der Waals surface area contributed by atoms with Gasteiger partial charge in [0, 0.05) is 0 Å². The molecule has 0 fully saturated rings. The molecule has 0 saturated heterocycles. The van der Waals surface area contributed by atoms with Crippen molar-refractivity contribution in [3.63, 3.8) is 0 Å². The molecular weight excluding hydrogens is 124 g/mol. The van der Waals surface area contributed by atoms with E-state index in [1.165, 1.54) is 19.3 Å². The van der Waals surface area contributed by atoms with Gasteiger partial charge in [0.05, 0.1) is 6.17 Å². The Morgan fingerprint density at radius 2 is 1.80 bits per heavy atom. The van der Waals surface area contributed by atoms with Gasteiger partial charge in [-0.25, -0.2) is 0 Å². The average Bonchev–Trinajstić information content (AvgIpc) is 1.89. The second kappa shape index (κ2) is 5.69. The molecule has 0 aromatic rings. The van der Waals surface area contributed by atoms with E-state index in [1.807, 2.05) is 0 Å². The topological polar surface area (TPSA) is 52.0 Å². The molecule has 62 valence electrons. The van der Waals surface area contributed by atoms with Gasteiger partial charge >= 0.3 is 0 Å². The lowest BCUT2D eigenvalue weighted by atomic mass is 9.97. The minimum absolute atomic E-state index is 0.114. The summed E-state index contributed by atoms with van der Waals surface area (Å²) in [6, 6.07) is 0. The summed E-state index contributed by atoms with van der Waals surface area (Å²) in [6.45, 7) is 4.34. The van der Waals surface area contributed by atoms with Crippen molar-refractivity contribution >= 4 is 0 Å². The van der Waals surface area contributed by atoms with Gasteiger partial charge in [-0.2, -0.15) is 0 Å². The fourth-order valence-corrected chi connectivity index (χ4v) is 1.14. The van der Waals surface area contributed by atoms with Crippen molar-refractivity contribution in [3.8, 4) is 0 Å². The monoisotopic (exact) mass is 144 g/mol. The molecule has 0 aliphatic carbocycles. The second-order valence-electron chi connectivity index (χ2n) is 2.89. The highest BCUT2D eigenvalue weighted by Crippen LogP contribution is 2.12. The van der Waals surface area contributed by atoms with Crippen LogP contribution >= 0.6 is 0 Å². The largest absolute Gasteiger partial charge is 0.316 e. The summed E-state index contributed by atoms with van der Waals surface area (Å²) >= 11 is 0. The summed E-state index contributed by atoms with van der Waals surface area (Å²) in [4.78, 5) is 0. The van der Waals surface area contributed by atoms with Gasteiger partial charge < -0.3 is 11.5 Å². The molecule has 0 aliphatic heterocycles. The van der Waals surface area contributed by atoms with E-state index in [2.05, 4.69) is 13.8 Å². The molecule has 1 unspecified atom stereocenters. The number of nitrogens with two attached hydrogens (primary N) is 2. The van der Waals surface area contributed by atoms with Gasteiger partial charge in [-0.05, 0) is 12.3 Å². The summed E-state index contributed by atoms with van der Waals surface area (Å²) in [5.74, 6) is 0.528. The van der Waals surface area contributed by atoms with Crippen LogP contribution in [0.15, 0.2) is 0 Å². The SMILES string of the molecule is CCCCC(CC)C(N)N. The first kappa shape index (κ1) is 9.92. The Morgan fingerprint density at radius 3 is 2.10 bits per heavy atom. The van der Waals surface area contributed by atoms with E-state index in [0.29, 0.717) is 5.92 Å². The summed E-state index contributed by atoms with van der Waals surface area (Å²) in [5.41, 5.74) is 11.1. The van der Waals surface area contributed by atoms with Gasteiger partial charge in [0.25, 0.3) is 0 Å². The highest BCUT2D eigenvalue weighted by Gasteiger charge is 2.09. The standard InChI is InChI=1S/C8H20N2/c1-3-5-6-7(4-2)8(9)10/h7-8H,3-6,9-10H2,1-2H3. The minimum Gasteiger partial charge on any atom is -0.316 e. The maximum atomic E-state index is 5.57. The molecule has 0 aromatic carbocycles. The van der Waals surface area contributed by atoms with Crippen molar-refractivity contribution in [2.75, 3.05) is 0 Å². The third kappa shape index (κ3) is 3.85. The molecule has 2 nitrogen and oxygen atoms in total. The van der Waals surface area contributed by atoms with Gasteiger partial charge in [-0.3, -0.25) is 0 Å². The van der Waals surface area contributed by atoms with Crippen molar-refractivity contribution < 1.29 is 0 Å². The van der Waals surface area contributed by atoms with Crippen LogP contribution < -0.4 is 11.5 Å². The predicted octanol–water partition coefficient (Wildman–Crippen LogP) is 1.45. The first-order valence-electron chi connectivity index (χ1n) is 4.23. The fraction of sp³-hybridized carbons (Fsp3) is 1.00. The quantitative estimate of drug-likeness (QED) is 0.574. The summed E-state index contributed by atoms with van der Waals surface area (Å²) in [5, 5.41) is 0. The average molecular weight is 144 g/mol. The Balaban J connectivity index is 3.40. The molecule has 0 bridgehead atoms. The van der Waals surface area contributed by atoms with Crippen LogP contribution in [0, 0.1) is 5.92 Å². The number of rotatable bonds is 5. The number of hydrogen-bond acceptors (Lipinski definition) is 2. The molecule has 2 heteroatoms. The summed E-state index contributed by atoms with van der Waals surface area (Å²) < 4.78 is 0. The Kier molecular flexibility index (Phi) is 5.64. The fourth-order valence-electron chi connectivity index (χ4n) is 1.14. The lowest BCUT2D eigenvalue weighted by Gasteiger charge is -2.17. The van der Waals surface area contributed by atoms with Crippen molar-refractivity contribution in [1.82, 2.24) is 0 Å². The van der Waals surface area contributed by atoms with Crippen LogP contribution in [0.5, 0.6) is 0 Å². The van der Waals surface area contributed by atoms with E-state index in [0.717, 1.165) is 6.42 Å². The van der Waals surface area contributed by atoms with E-state index in [4.69, 9.17) is 11.5 Å². The zero-order valence-corrected chi connectivity index (χ0v) is 7.14. The summed E-state index contributed by atoms with van der Waals surface area (Å²) in [6.07, 6.45) is 4.67. The third-order valence-electron chi connectivity index (χ3n) is 2.00. The maximum absolute atomic E-state index is 5.57. The molecule has 0 heterocycles. The second-order valence-corrected chi connectivity index (χ2v) is 2.89. The minimum atomic E-state index is -0.114. The molecule has 0 aromatic heterocycles. The van der Waals surface area contributed by atoms with Gasteiger partial charge in [0.2, 0.25) is 0 Å². The van der Waals surface area contributed by atoms with Crippen LogP contribution in [0.25, 0.3) is 0 Å². The molecule has 0 radical (unpaired) electrons. The van der Waals surface area contributed by atoms with Gasteiger partial charge in [0.15, 0.2) is 0 Å². The highest BCUT2D eigenvalue weighted by atomic mass is 14.9. The van der Waals surface area contributed by atoms with E-state index in [9.17, 15) is 0 Å². The van der Waals surface area contributed by atoms with Crippen LogP contribution in [0.4, 0.5) is 0 Å². The first-order valence-corrected chi connectivity index (χ1v) is 4.23. The van der Waals surface area contributed by atoms with E-state index in [-0.39, 0.29) is 6.17 Å². The normalized spacial score (nSPS) is 14.1. The lowest BCUT2D eigenvalue weighted by Crippen LogP contribution is -2.38. The van der Waals surface area contributed by atoms with Crippen LogP contribution in [0.1, 0.15) is 39.5 Å². The molecule has 0 aliphatic rings. The maximum Gasteiger partial charge on any atom is 0.0549 e. The van der Waals surface area contributed by atoms with Crippen LogP contribution in [0.2, 0.25) is 0 Å². The van der Waals surface area contributed by atoms with Crippen LogP contribution in [0.3, 0.4) is 0 Å². The van der Waals surface area contributed by atoms with Gasteiger partial charge in [0.1, 0.15) is 0 Å². The molecule has 1 atom stereocenters.